The van der Waals surface area contributed by atoms with Crippen LogP contribution in [0.25, 0.3) is 0 Å². The summed E-state index contributed by atoms with van der Waals surface area (Å²) in [5, 5.41) is 0. The van der Waals surface area contributed by atoms with Crippen LogP contribution in [0.5, 0.6) is 11.5 Å². The summed E-state index contributed by atoms with van der Waals surface area (Å²) < 4.78 is 11.3. The van der Waals surface area contributed by atoms with Gasteiger partial charge in [-0.1, -0.05) is 45.3 Å². The van der Waals surface area contributed by atoms with Gasteiger partial charge in [-0.05, 0) is 62.1 Å². The molecule has 1 aliphatic carbocycles. The van der Waals surface area contributed by atoms with Crippen molar-refractivity contribution in [2.75, 3.05) is 0 Å². The fourth-order valence-electron chi connectivity index (χ4n) is 4.32. The van der Waals surface area contributed by atoms with Crippen molar-refractivity contribution in [2.45, 2.75) is 86.0 Å². The Morgan fingerprint density at radius 2 is 1.66 bits per heavy atom. The molecule has 1 aromatic rings. The van der Waals surface area contributed by atoms with Gasteiger partial charge in [-0.3, -0.25) is 9.59 Å². The Kier molecular flexibility index (Phi) is 8.48. The summed E-state index contributed by atoms with van der Waals surface area (Å²) in [7, 11) is 0. The van der Waals surface area contributed by atoms with Gasteiger partial charge in [0.25, 0.3) is 0 Å². The number of ether oxygens (including phenoxy) is 2. The quantitative estimate of drug-likeness (QED) is 0.220. The van der Waals surface area contributed by atoms with E-state index in [1.807, 2.05) is 12.1 Å². The van der Waals surface area contributed by atoms with E-state index >= 15 is 0 Å². The van der Waals surface area contributed by atoms with E-state index in [2.05, 4.69) is 33.8 Å². The molecule has 0 saturated carbocycles. The molecular formula is C25H36O4. The summed E-state index contributed by atoms with van der Waals surface area (Å²) in [5.74, 6) is 1.26. The van der Waals surface area contributed by atoms with Crippen LogP contribution >= 0.6 is 0 Å². The van der Waals surface area contributed by atoms with Crippen molar-refractivity contribution in [1.29, 1.82) is 0 Å². The predicted octanol–water partition coefficient (Wildman–Crippen LogP) is 6.37. The normalized spacial score (nSPS) is 19.1. The first-order chi connectivity index (χ1) is 13.7. The van der Waals surface area contributed by atoms with Crippen molar-refractivity contribution in [1.82, 2.24) is 0 Å². The van der Waals surface area contributed by atoms with Gasteiger partial charge in [-0.2, -0.15) is 0 Å². The van der Waals surface area contributed by atoms with Gasteiger partial charge in [0.1, 0.15) is 11.5 Å². The van der Waals surface area contributed by atoms with Crippen molar-refractivity contribution < 1.29 is 19.1 Å². The molecule has 29 heavy (non-hydrogen) atoms. The lowest BCUT2D eigenvalue weighted by Gasteiger charge is -2.34. The number of rotatable bonds is 8. The number of benzene rings is 1. The molecule has 0 amide bonds. The Hall–Kier alpha value is -2.10. The highest BCUT2D eigenvalue weighted by Gasteiger charge is 2.33. The Morgan fingerprint density at radius 1 is 1.07 bits per heavy atom. The Labute approximate surface area is 175 Å². The molecule has 4 nitrogen and oxygen atoms in total. The molecule has 4 heteroatoms. The minimum absolute atomic E-state index is 0.0529. The summed E-state index contributed by atoms with van der Waals surface area (Å²) in [6.45, 7) is 11.6. The molecule has 2 atom stereocenters. The molecule has 0 N–H and O–H groups in total. The fourth-order valence-corrected chi connectivity index (χ4v) is 4.32. The summed E-state index contributed by atoms with van der Waals surface area (Å²) in [5.41, 5.74) is 3.18. The maximum Gasteiger partial charge on any atom is 0.308 e. The molecule has 0 aliphatic heterocycles. The van der Waals surface area contributed by atoms with E-state index < -0.39 is 0 Å². The first-order valence-electron chi connectivity index (χ1n) is 10.9. The van der Waals surface area contributed by atoms with Crippen molar-refractivity contribution >= 4 is 11.9 Å². The molecule has 0 spiro atoms. The average molecular weight is 401 g/mol. The maximum absolute atomic E-state index is 11.9. The van der Waals surface area contributed by atoms with Crippen molar-refractivity contribution in [3.05, 3.63) is 34.9 Å². The number of allylic oxidation sites excluding steroid dienone is 2. The first-order valence-corrected chi connectivity index (χ1v) is 10.9. The molecule has 0 bridgehead atoms. The standard InChI is InChI=1S/C25H36O4/c1-7-8-9-10-20-14-23(28-18(5)26)25(24(15-20)29-19(6)27)22-13-17(4)11-12-21(22)16(2)3/h13-16,21-22H,7-12H2,1-6H3/t21-,22?/m0/s1. The summed E-state index contributed by atoms with van der Waals surface area (Å²) >= 11 is 0. The van der Waals surface area contributed by atoms with Crippen LogP contribution in [0.4, 0.5) is 0 Å². The van der Waals surface area contributed by atoms with E-state index in [-0.39, 0.29) is 17.9 Å². The van der Waals surface area contributed by atoms with E-state index in [4.69, 9.17) is 9.47 Å². The van der Waals surface area contributed by atoms with Crippen LogP contribution in [-0.4, -0.2) is 11.9 Å². The van der Waals surface area contributed by atoms with Gasteiger partial charge in [-0.25, -0.2) is 0 Å². The van der Waals surface area contributed by atoms with E-state index in [1.165, 1.54) is 19.4 Å². The van der Waals surface area contributed by atoms with Crippen molar-refractivity contribution in [3.63, 3.8) is 0 Å². The molecule has 0 heterocycles. The highest BCUT2D eigenvalue weighted by atomic mass is 16.5. The fraction of sp³-hybridized carbons (Fsp3) is 0.600. The van der Waals surface area contributed by atoms with Crippen LogP contribution in [0.3, 0.4) is 0 Å². The van der Waals surface area contributed by atoms with Crippen LogP contribution in [-0.2, 0) is 16.0 Å². The second-order valence-corrected chi connectivity index (χ2v) is 8.64. The summed E-state index contributed by atoms with van der Waals surface area (Å²) in [4.78, 5) is 23.8. The van der Waals surface area contributed by atoms with Crippen LogP contribution in [0.15, 0.2) is 23.8 Å². The molecule has 0 radical (unpaired) electrons. The smallest absolute Gasteiger partial charge is 0.308 e. The minimum Gasteiger partial charge on any atom is -0.426 e. The number of carbonyl (C=O) groups excluding carboxylic acids is 2. The molecular weight excluding hydrogens is 364 g/mol. The van der Waals surface area contributed by atoms with E-state index in [1.54, 1.807) is 0 Å². The molecule has 1 aromatic carbocycles. The van der Waals surface area contributed by atoms with Crippen LogP contribution in [0, 0.1) is 11.8 Å². The molecule has 1 unspecified atom stereocenters. The number of esters is 2. The Bertz CT molecular complexity index is 723. The number of unbranched alkanes of at least 4 members (excludes halogenated alkanes) is 2. The lowest BCUT2D eigenvalue weighted by Crippen LogP contribution is -2.23. The second-order valence-electron chi connectivity index (χ2n) is 8.64. The average Bonchev–Trinajstić information content (AvgIpc) is 2.60. The van der Waals surface area contributed by atoms with Gasteiger partial charge in [0.15, 0.2) is 0 Å². The van der Waals surface area contributed by atoms with Crippen molar-refractivity contribution in [2.24, 2.45) is 11.8 Å². The van der Waals surface area contributed by atoms with Gasteiger partial charge in [0, 0.05) is 25.3 Å². The third-order valence-electron chi connectivity index (χ3n) is 5.73. The highest BCUT2D eigenvalue weighted by molar-refractivity contribution is 5.73. The summed E-state index contributed by atoms with van der Waals surface area (Å²) in [6.07, 6.45) is 8.58. The zero-order valence-electron chi connectivity index (χ0n) is 18.8. The zero-order valence-corrected chi connectivity index (χ0v) is 18.8. The highest BCUT2D eigenvalue weighted by Crippen LogP contribution is 2.47. The van der Waals surface area contributed by atoms with E-state index in [0.29, 0.717) is 23.3 Å². The Balaban J connectivity index is 2.62. The van der Waals surface area contributed by atoms with Crippen molar-refractivity contribution in [3.8, 4) is 11.5 Å². The predicted molar refractivity (Wildman–Crippen MR) is 116 cm³/mol. The lowest BCUT2D eigenvalue weighted by molar-refractivity contribution is -0.132. The molecule has 0 saturated heterocycles. The van der Waals surface area contributed by atoms with E-state index in [9.17, 15) is 9.59 Å². The first kappa shape index (κ1) is 23.2. The second kappa shape index (κ2) is 10.6. The summed E-state index contributed by atoms with van der Waals surface area (Å²) in [6, 6.07) is 3.93. The minimum atomic E-state index is -0.358. The van der Waals surface area contributed by atoms with Gasteiger partial charge in [0.2, 0.25) is 0 Å². The van der Waals surface area contributed by atoms with Gasteiger partial charge in [0.05, 0.1) is 0 Å². The molecule has 2 rings (SSSR count). The van der Waals surface area contributed by atoms with Gasteiger partial charge < -0.3 is 9.47 Å². The number of hydrogen-bond donors (Lipinski definition) is 0. The monoisotopic (exact) mass is 400 g/mol. The van der Waals surface area contributed by atoms with Gasteiger partial charge >= 0.3 is 11.9 Å². The molecule has 0 fully saturated rings. The third-order valence-corrected chi connectivity index (χ3v) is 5.73. The van der Waals surface area contributed by atoms with Gasteiger partial charge in [-0.15, -0.1) is 0 Å². The van der Waals surface area contributed by atoms with Crippen LogP contribution in [0.2, 0.25) is 0 Å². The third kappa shape index (κ3) is 6.45. The molecule has 0 aromatic heterocycles. The maximum atomic E-state index is 11.9. The zero-order chi connectivity index (χ0) is 21.6. The number of hydrogen-bond acceptors (Lipinski definition) is 4. The largest absolute Gasteiger partial charge is 0.426 e. The van der Waals surface area contributed by atoms with Crippen LogP contribution in [0.1, 0.15) is 90.7 Å². The molecule has 1 aliphatic rings. The van der Waals surface area contributed by atoms with Crippen LogP contribution < -0.4 is 9.47 Å². The SMILES string of the molecule is CCCCCc1cc(OC(C)=O)c(C2C=C(C)CC[C@H]2C(C)C)c(OC(C)=O)c1. The molecule has 160 valence electrons. The number of carbonyl (C=O) groups is 2. The van der Waals surface area contributed by atoms with E-state index in [0.717, 1.165) is 49.7 Å². The topological polar surface area (TPSA) is 52.6 Å². The number of aryl methyl sites for hydroxylation is 1. The lowest BCUT2D eigenvalue weighted by atomic mass is 9.71. The Morgan fingerprint density at radius 3 is 2.14 bits per heavy atom.